The summed E-state index contributed by atoms with van der Waals surface area (Å²) in [4.78, 5) is 21.5. The molecule has 1 N–H and O–H groups in total. The maximum Gasteiger partial charge on any atom is 0.291 e. The van der Waals surface area contributed by atoms with Gasteiger partial charge in [0.2, 0.25) is 5.78 Å². The lowest BCUT2D eigenvalue weighted by Crippen LogP contribution is -2.20. The van der Waals surface area contributed by atoms with E-state index in [1.54, 1.807) is 6.07 Å². The molecule has 0 fully saturated rings. The second-order valence-electron chi connectivity index (χ2n) is 2.63. The molecular weight excluding hydrogens is 253 g/mol. The average molecular weight is 260 g/mol. The zero-order valence-corrected chi connectivity index (χ0v) is 8.89. The molecular formula is C9H7BrFNO2. The summed E-state index contributed by atoms with van der Waals surface area (Å²) in [5.74, 6) is -2.08. The van der Waals surface area contributed by atoms with Gasteiger partial charge in [0.05, 0.1) is 5.69 Å². The SMILES string of the molecule is CC(=O)C(=O)Nc1ccc(Br)cc1F. The first-order valence-corrected chi connectivity index (χ1v) is 4.57. The van der Waals surface area contributed by atoms with Crippen LogP contribution in [0, 0.1) is 5.82 Å². The van der Waals surface area contributed by atoms with Crippen molar-refractivity contribution in [2.24, 2.45) is 0 Å². The molecule has 14 heavy (non-hydrogen) atoms. The van der Waals surface area contributed by atoms with Crippen LogP contribution in [0.25, 0.3) is 0 Å². The van der Waals surface area contributed by atoms with Crippen LogP contribution >= 0.6 is 15.9 Å². The molecule has 0 aromatic heterocycles. The van der Waals surface area contributed by atoms with Crippen LogP contribution in [0.15, 0.2) is 22.7 Å². The largest absolute Gasteiger partial charge is 0.317 e. The zero-order valence-electron chi connectivity index (χ0n) is 7.30. The van der Waals surface area contributed by atoms with Gasteiger partial charge in [-0.3, -0.25) is 9.59 Å². The molecule has 5 heteroatoms. The summed E-state index contributed by atoms with van der Waals surface area (Å²) in [6.07, 6.45) is 0. The predicted octanol–water partition coefficient (Wildman–Crippen LogP) is 2.12. The highest BCUT2D eigenvalue weighted by Crippen LogP contribution is 2.19. The summed E-state index contributed by atoms with van der Waals surface area (Å²) in [5, 5.41) is 2.15. The van der Waals surface area contributed by atoms with Gasteiger partial charge in [0, 0.05) is 11.4 Å². The number of nitrogens with one attached hydrogen (secondary N) is 1. The number of carbonyl (C=O) groups is 2. The maximum absolute atomic E-state index is 13.1. The molecule has 0 aliphatic carbocycles. The first kappa shape index (κ1) is 10.8. The Morgan fingerprint density at radius 1 is 1.43 bits per heavy atom. The minimum absolute atomic E-state index is 0.00611. The number of ketones is 1. The standard InChI is InChI=1S/C9H7BrFNO2/c1-5(13)9(14)12-8-3-2-6(10)4-7(8)11/h2-4H,1H3,(H,12,14). The van der Waals surface area contributed by atoms with E-state index in [1.165, 1.54) is 12.1 Å². The van der Waals surface area contributed by atoms with Gasteiger partial charge >= 0.3 is 0 Å². The van der Waals surface area contributed by atoms with Gasteiger partial charge in [-0.25, -0.2) is 4.39 Å². The molecule has 0 spiro atoms. The number of halogens is 2. The van der Waals surface area contributed by atoms with Crippen molar-refractivity contribution in [2.75, 3.05) is 5.32 Å². The number of amides is 1. The van der Waals surface area contributed by atoms with Crippen molar-refractivity contribution in [3.8, 4) is 0 Å². The Hall–Kier alpha value is -1.23. The first-order valence-electron chi connectivity index (χ1n) is 3.77. The van der Waals surface area contributed by atoms with E-state index in [4.69, 9.17) is 0 Å². The van der Waals surface area contributed by atoms with Crippen molar-refractivity contribution in [3.05, 3.63) is 28.5 Å². The van der Waals surface area contributed by atoms with E-state index >= 15 is 0 Å². The number of hydrogen-bond acceptors (Lipinski definition) is 2. The topological polar surface area (TPSA) is 46.2 Å². The molecule has 0 unspecified atom stereocenters. The van der Waals surface area contributed by atoms with Crippen molar-refractivity contribution in [1.29, 1.82) is 0 Å². The molecule has 1 rings (SSSR count). The van der Waals surface area contributed by atoms with Crippen LogP contribution in [0.4, 0.5) is 10.1 Å². The smallest absolute Gasteiger partial charge is 0.291 e. The molecule has 0 saturated carbocycles. The number of anilines is 1. The van der Waals surface area contributed by atoms with Crippen LogP contribution < -0.4 is 5.32 Å². The Labute approximate surface area is 88.4 Å². The third-order valence-corrected chi connectivity index (χ3v) is 1.99. The third-order valence-electron chi connectivity index (χ3n) is 1.50. The summed E-state index contributed by atoms with van der Waals surface area (Å²) >= 11 is 3.07. The lowest BCUT2D eigenvalue weighted by Gasteiger charge is -2.03. The monoisotopic (exact) mass is 259 g/mol. The molecule has 74 valence electrons. The molecule has 3 nitrogen and oxygen atoms in total. The van der Waals surface area contributed by atoms with Crippen LogP contribution in [-0.2, 0) is 9.59 Å². The number of Topliss-reactive ketones (excluding diaryl/α,β-unsaturated/α-hetero) is 1. The lowest BCUT2D eigenvalue weighted by molar-refractivity contribution is -0.133. The Morgan fingerprint density at radius 3 is 2.57 bits per heavy atom. The molecule has 0 aliphatic rings. The van der Waals surface area contributed by atoms with E-state index in [0.29, 0.717) is 4.47 Å². The van der Waals surface area contributed by atoms with Crippen molar-refractivity contribution < 1.29 is 14.0 Å². The van der Waals surface area contributed by atoms with E-state index in [-0.39, 0.29) is 5.69 Å². The Bertz CT molecular complexity index is 392. The minimum Gasteiger partial charge on any atom is -0.317 e. The van der Waals surface area contributed by atoms with Crippen molar-refractivity contribution in [3.63, 3.8) is 0 Å². The molecule has 0 radical (unpaired) electrons. The van der Waals surface area contributed by atoms with Crippen molar-refractivity contribution in [2.45, 2.75) is 6.92 Å². The zero-order chi connectivity index (χ0) is 10.7. The highest BCUT2D eigenvalue weighted by molar-refractivity contribution is 9.10. The Morgan fingerprint density at radius 2 is 2.07 bits per heavy atom. The number of carbonyl (C=O) groups excluding carboxylic acids is 2. The van der Waals surface area contributed by atoms with Gasteiger partial charge in [0.1, 0.15) is 5.82 Å². The molecule has 0 saturated heterocycles. The van der Waals surface area contributed by atoms with Gasteiger partial charge in [0.15, 0.2) is 0 Å². The fourth-order valence-electron chi connectivity index (χ4n) is 0.801. The number of rotatable bonds is 2. The quantitative estimate of drug-likeness (QED) is 0.828. The minimum atomic E-state index is -0.828. The second-order valence-corrected chi connectivity index (χ2v) is 3.55. The van der Waals surface area contributed by atoms with E-state index in [1.807, 2.05) is 0 Å². The summed E-state index contributed by atoms with van der Waals surface area (Å²) in [5.41, 5.74) is -0.00611. The van der Waals surface area contributed by atoms with Crippen LogP contribution in [0.2, 0.25) is 0 Å². The van der Waals surface area contributed by atoms with Gasteiger partial charge in [0.25, 0.3) is 5.91 Å². The van der Waals surface area contributed by atoms with Crippen LogP contribution in [0.5, 0.6) is 0 Å². The molecule has 0 bridgehead atoms. The van der Waals surface area contributed by atoms with E-state index < -0.39 is 17.5 Å². The fraction of sp³-hybridized carbons (Fsp3) is 0.111. The van der Waals surface area contributed by atoms with E-state index in [9.17, 15) is 14.0 Å². The Balaban J connectivity index is 2.87. The van der Waals surface area contributed by atoms with E-state index in [0.717, 1.165) is 6.92 Å². The summed E-state index contributed by atoms with van der Waals surface area (Å²) in [6.45, 7) is 1.12. The Kier molecular flexibility index (Phi) is 3.35. The van der Waals surface area contributed by atoms with Crippen molar-refractivity contribution in [1.82, 2.24) is 0 Å². The molecule has 1 aromatic rings. The normalized spacial score (nSPS) is 9.64. The molecule has 1 aromatic carbocycles. The molecule has 0 atom stereocenters. The van der Waals surface area contributed by atoms with Crippen LogP contribution in [0.1, 0.15) is 6.92 Å². The average Bonchev–Trinajstić information content (AvgIpc) is 2.09. The summed E-state index contributed by atoms with van der Waals surface area (Å²) in [6, 6.07) is 4.15. The van der Waals surface area contributed by atoms with Gasteiger partial charge in [-0.05, 0) is 18.2 Å². The highest BCUT2D eigenvalue weighted by Gasteiger charge is 2.10. The third kappa shape index (κ3) is 2.63. The van der Waals surface area contributed by atoms with Gasteiger partial charge in [-0.15, -0.1) is 0 Å². The van der Waals surface area contributed by atoms with Gasteiger partial charge in [-0.1, -0.05) is 15.9 Å². The van der Waals surface area contributed by atoms with E-state index in [2.05, 4.69) is 21.2 Å². The number of benzene rings is 1. The van der Waals surface area contributed by atoms with Crippen LogP contribution in [0.3, 0.4) is 0 Å². The lowest BCUT2D eigenvalue weighted by atomic mass is 10.3. The molecule has 1 amide bonds. The predicted molar refractivity (Wildman–Crippen MR) is 53.4 cm³/mol. The molecule has 0 heterocycles. The first-order chi connectivity index (χ1) is 6.50. The maximum atomic E-state index is 13.1. The van der Waals surface area contributed by atoms with Gasteiger partial charge in [-0.2, -0.15) is 0 Å². The summed E-state index contributed by atoms with van der Waals surface area (Å²) in [7, 11) is 0. The highest BCUT2D eigenvalue weighted by atomic mass is 79.9. The van der Waals surface area contributed by atoms with Crippen LogP contribution in [-0.4, -0.2) is 11.7 Å². The van der Waals surface area contributed by atoms with Gasteiger partial charge < -0.3 is 5.32 Å². The molecule has 0 aliphatic heterocycles. The van der Waals surface area contributed by atoms with Crippen molar-refractivity contribution >= 4 is 33.3 Å². The fourth-order valence-corrected chi connectivity index (χ4v) is 1.13. The second kappa shape index (κ2) is 4.32. The summed E-state index contributed by atoms with van der Waals surface area (Å²) < 4.78 is 13.7. The number of hydrogen-bond donors (Lipinski definition) is 1.